The van der Waals surface area contributed by atoms with Gasteiger partial charge in [0, 0.05) is 25.5 Å². The number of hydrogen-bond donors (Lipinski definition) is 3. The van der Waals surface area contributed by atoms with Gasteiger partial charge in [-0.25, -0.2) is 5.43 Å². The topological polar surface area (TPSA) is 104 Å². The molecule has 3 aromatic carbocycles. The molecule has 8 nitrogen and oxygen atoms in total. The maximum absolute atomic E-state index is 12.7. The summed E-state index contributed by atoms with van der Waals surface area (Å²) in [6.45, 7) is 4.28. The van der Waals surface area contributed by atoms with Crippen LogP contribution in [0.1, 0.15) is 23.9 Å². The lowest BCUT2D eigenvalue weighted by atomic mass is 10.2. The number of thioether (sulfide) groups is 1. The number of amides is 1. The minimum absolute atomic E-state index is 0.0161. The molecule has 1 atom stereocenters. The van der Waals surface area contributed by atoms with Crippen LogP contribution in [0.15, 0.2) is 77.0 Å². The Balaban J connectivity index is 1.49. The molecule has 1 aromatic heterocycles. The molecule has 0 saturated heterocycles. The van der Waals surface area contributed by atoms with Crippen molar-refractivity contribution in [3.05, 3.63) is 92.3 Å². The fraction of sp³-hybridized carbons (Fsp3) is 0.154. The van der Waals surface area contributed by atoms with E-state index in [-0.39, 0.29) is 11.7 Å². The van der Waals surface area contributed by atoms with Gasteiger partial charge in [-0.1, -0.05) is 41.6 Å². The summed E-state index contributed by atoms with van der Waals surface area (Å²) >= 11 is 9.52. The van der Waals surface area contributed by atoms with Crippen molar-refractivity contribution in [3.63, 3.8) is 0 Å². The average Bonchev–Trinajstić information content (AvgIpc) is 3.28. The van der Waals surface area contributed by atoms with Crippen molar-refractivity contribution in [2.45, 2.75) is 30.8 Å². The third kappa shape index (κ3) is 7.02. The van der Waals surface area contributed by atoms with E-state index in [1.54, 1.807) is 19.1 Å². The molecule has 0 unspecified atom stereocenters. The first-order valence-electron chi connectivity index (χ1n) is 11.3. The van der Waals surface area contributed by atoms with Crippen LogP contribution in [-0.2, 0) is 11.3 Å². The van der Waals surface area contributed by atoms with E-state index in [1.807, 2.05) is 41.0 Å². The third-order valence-electron chi connectivity index (χ3n) is 5.36. The molecule has 3 N–H and O–H groups in total. The first-order valence-corrected chi connectivity index (χ1v) is 13.6. The summed E-state index contributed by atoms with van der Waals surface area (Å²) in [5.41, 5.74) is 5.97. The molecule has 0 bridgehead atoms. The van der Waals surface area contributed by atoms with E-state index in [2.05, 4.69) is 67.7 Å². The van der Waals surface area contributed by atoms with E-state index in [9.17, 15) is 9.90 Å². The summed E-state index contributed by atoms with van der Waals surface area (Å²) < 4.78 is 3.12. The number of hydrazone groups is 1. The van der Waals surface area contributed by atoms with Gasteiger partial charge in [0.15, 0.2) is 11.0 Å². The third-order valence-corrected chi connectivity index (χ3v) is 7.31. The minimum Gasteiger partial charge on any atom is -0.507 e. The Morgan fingerprint density at radius 2 is 1.97 bits per heavy atom. The number of aromatic nitrogens is 3. The van der Waals surface area contributed by atoms with Crippen LogP contribution in [0.5, 0.6) is 5.75 Å². The lowest BCUT2D eigenvalue weighted by Crippen LogP contribution is -2.27. The second kappa shape index (κ2) is 12.4. The Morgan fingerprint density at radius 1 is 1.19 bits per heavy atom. The maximum atomic E-state index is 12.7. The number of phenolic OH excluding ortho intramolecular Hbond substituents is 1. The van der Waals surface area contributed by atoms with Gasteiger partial charge < -0.3 is 10.4 Å². The normalized spacial score (nSPS) is 12.0. The number of phenols is 1. The number of carbonyl (C=O) groups excluding carboxylic acids is 1. The highest BCUT2D eigenvalue weighted by molar-refractivity contribution is 14.1. The molecule has 0 spiro atoms. The van der Waals surface area contributed by atoms with Crippen LogP contribution in [0.3, 0.4) is 0 Å². The molecule has 1 amide bonds. The van der Waals surface area contributed by atoms with Crippen molar-refractivity contribution in [1.82, 2.24) is 20.2 Å². The van der Waals surface area contributed by atoms with Crippen LogP contribution < -0.4 is 10.7 Å². The number of aryl methyl sites for hydroxylation is 1. The molecule has 0 aliphatic carbocycles. The summed E-state index contributed by atoms with van der Waals surface area (Å²) in [4.78, 5) is 12.7. The van der Waals surface area contributed by atoms with Crippen LogP contribution in [0, 0.1) is 10.5 Å². The van der Waals surface area contributed by atoms with Crippen molar-refractivity contribution >= 4 is 63.8 Å². The van der Waals surface area contributed by atoms with Crippen LogP contribution in [0.2, 0.25) is 5.02 Å². The summed E-state index contributed by atoms with van der Waals surface area (Å²) in [5.74, 6) is 0.413. The monoisotopic (exact) mass is 646 g/mol. The fourth-order valence-corrected chi connectivity index (χ4v) is 5.13. The molecule has 4 aromatic rings. The molecular weight excluding hydrogens is 623 g/mol. The molecule has 37 heavy (non-hydrogen) atoms. The number of nitrogens with one attached hydrogen (secondary N) is 2. The first-order chi connectivity index (χ1) is 17.8. The van der Waals surface area contributed by atoms with Gasteiger partial charge in [0.25, 0.3) is 5.91 Å². The van der Waals surface area contributed by atoms with Gasteiger partial charge in [-0.2, -0.15) is 5.10 Å². The van der Waals surface area contributed by atoms with Gasteiger partial charge in [-0.05, 0) is 90.5 Å². The number of anilines is 1. The van der Waals surface area contributed by atoms with Crippen molar-refractivity contribution in [2.75, 3.05) is 5.32 Å². The second-order valence-electron chi connectivity index (χ2n) is 8.08. The lowest BCUT2D eigenvalue weighted by Gasteiger charge is -2.14. The number of halogens is 2. The van der Waals surface area contributed by atoms with Gasteiger partial charge in [0.2, 0.25) is 0 Å². The van der Waals surface area contributed by atoms with E-state index < -0.39 is 5.25 Å². The minimum atomic E-state index is -0.518. The number of hydrogen-bond acceptors (Lipinski definition) is 7. The molecular formula is C26H24ClIN6O2S. The van der Waals surface area contributed by atoms with Gasteiger partial charge in [-0.15, -0.1) is 10.2 Å². The zero-order valence-corrected chi connectivity index (χ0v) is 23.8. The molecule has 190 valence electrons. The highest BCUT2D eigenvalue weighted by Gasteiger charge is 2.21. The van der Waals surface area contributed by atoms with Gasteiger partial charge in [0.1, 0.15) is 5.75 Å². The molecule has 1 heterocycles. The van der Waals surface area contributed by atoms with Crippen LogP contribution in [0.25, 0.3) is 5.69 Å². The van der Waals surface area contributed by atoms with Crippen molar-refractivity contribution < 1.29 is 9.90 Å². The zero-order valence-electron chi connectivity index (χ0n) is 20.0. The maximum Gasteiger partial charge on any atom is 0.253 e. The van der Waals surface area contributed by atoms with Gasteiger partial charge >= 0.3 is 0 Å². The van der Waals surface area contributed by atoms with Crippen molar-refractivity contribution in [2.24, 2.45) is 5.10 Å². The standard InChI is InChI=1S/C26H24ClIN6O2S/c1-16-12-20(28)9-10-22(16)29-15-24-31-33-26(34(24)21-6-4-3-5-7-21)37-17(2)25(36)32-30-14-18-13-19(27)8-11-23(18)35/h3-14,17,29,35H,15H2,1-2H3,(H,32,36)/b30-14-/t17-/m1/s1. The summed E-state index contributed by atoms with van der Waals surface area (Å²) in [6.07, 6.45) is 1.35. The Labute approximate surface area is 237 Å². The molecule has 11 heteroatoms. The number of para-hydroxylation sites is 1. The average molecular weight is 647 g/mol. The molecule has 0 fully saturated rings. The fourth-order valence-electron chi connectivity index (χ4n) is 3.42. The number of nitrogens with zero attached hydrogens (tertiary/aromatic N) is 4. The number of carbonyl (C=O) groups is 1. The van der Waals surface area contributed by atoms with E-state index in [0.717, 1.165) is 16.9 Å². The predicted octanol–water partition coefficient (Wildman–Crippen LogP) is 5.78. The van der Waals surface area contributed by atoms with Crippen LogP contribution in [-0.4, -0.2) is 37.2 Å². The first kappa shape index (κ1) is 27.0. The SMILES string of the molecule is Cc1cc(I)ccc1NCc1nnc(S[C@H](C)C(=O)N/N=C\c2cc(Cl)ccc2O)n1-c1ccccc1. The Hall–Kier alpha value is -3.09. The van der Waals surface area contributed by atoms with E-state index >= 15 is 0 Å². The Morgan fingerprint density at radius 3 is 2.73 bits per heavy atom. The summed E-state index contributed by atoms with van der Waals surface area (Å²) in [6, 6.07) is 20.6. The predicted molar refractivity (Wildman–Crippen MR) is 157 cm³/mol. The van der Waals surface area contributed by atoms with Crippen LogP contribution in [0.4, 0.5) is 5.69 Å². The molecule has 0 radical (unpaired) electrons. The number of rotatable bonds is 9. The second-order valence-corrected chi connectivity index (χ2v) is 11.1. The smallest absolute Gasteiger partial charge is 0.253 e. The van der Waals surface area contributed by atoms with Crippen LogP contribution >= 0.6 is 46.0 Å². The van der Waals surface area contributed by atoms with E-state index in [0.29, 0.717) is 28.1 Å². The lowest BCUT2D eigenvalue weighted by molar-refractivity contribution is -0.120. The zero-order chi connectivity index (χ0) is 26.4. The van der Waals surface area contributed by atoms with Crippen molar-refractivity contribution in [1.29, 1.82) is 0 Å². The molecule has 0 aliphatic heterocycles. The van der Waals surface area contributed by atoms with Gasteiger partial charge in [0.05, 0.1) is 18.0 Å². The number of benzene rings is 3. The van der Waals surface area contributed by atoms with Gasteiger partial charge in [-0.3, -0.25) is 9.36 Å². The Kier molecular flexibility index (Phi) is 9.06. The quantitative estimate of drug-likeness (QED) is 0.0922. The van der Waals surface area contributed by atoms with E-state index in [4.69, 9.17) is 11.6 Å². The highest BCUT2D eigenvalue weighted by Crippen LogP contribution is 2.27. The molecule has 0 aliphatic rings. The van der Waals surface area contributed by atoms with Crippen molar-refractivity contribution in [3.8, 4) is 11.4 Å². The van der Waals surface area contributed by atoms with E-state index in [1.165, 1.54) is 27.6 Å². The summed E-state index contributed by atoms with van der Waals surface area (Å²) in [7, 11) is 0. The molecule has 0 saturated carbocycles. The summed E-state index contributed by atoms with van der Waals surface area (Å²) in [5, 5.41) is 26.6. The Bertz CT molecular complexity index is 1430. The number of aromatic hydroxyl groups is 1. The highest BCUT2D eigenvalue weighted by atomic mass is 127. The largest absolute Gasteiger partial charge is 0.507 e. The molecule has 4 rings (SSSR count).